The van der Waals surface area contributed by atoms with E-state index in [1.165, 1.54) is 0 Å². The summed E-state index contributed by atoms with van der Waals surface area (Å²) in [7, 11) is 0. The Bertz CT molecular complexity index is 543. The van der Waals surface area contributed by atoms with Gasteiger partial charge in [-0.3, -0.25) is 20.2 Å². The molecule has 0 aliphatic rings. The summed E-state index contributed by atoms with van der Waals surface area (Å²) in [4.78, 5) is 25.5. The molecule has 0 aromatic heterocycles. The van der Waals surface area contributed by atoms with Crippen molar-refractivity contribution in [3.63, 3.8) is 0 Å². The zero-order valence-corrected chi connectivity index (χ0v) is 21.2. The molecule has 7 nitrogen and oxygen atoms in total. The molecule has 184 valence electrons. The second kappa shape index (κ2) is 14.8. The van der Waals surface area contributed by atoms with E-state index in [-0.39, 0.29) is 61.0 Å². The SMILES string of the molecule is [3H]CCC(NC(C(=O)OC(C)C)C(C)C)C(CC(N)CC)N[C@H](C(=O)OC(C)C)C(C)C. The van der Waals surface area contributed by atoms with E-state index in [1.807, 2.05) is 62.3 Å². The van der Waals surface area contributed by atoms with Crippen molar-refractivity contribution in [2.24, 2.45) is 17.6 Å². The van der Waals surface area contributed by atoms with Gasteiger partial charge in [0.05, 0.1) is 12.2 Å². The van der Waals surface area contributed by atoms with Gasteiger partial charge < -0.3 is 15.2 Å². The number of ether oxygens (including phenoxy) is 2. The van der Waals surface area contributed by atoms with Gasteiger partial charge in [0.15, 0.2) is 0 Å². The molecule has 0 spiro atoms. The van der Waals surface area contributed by atoms with Crippen LogP contribution < -0.4 is 16.4 Å². The van der Waals surface area contributed by atoms with Gasteiger partial charge in [-0.2, -0.15) is 0 Å². The van der Waals surface area contributed by atoms with Crippen molar-refractivity contribution in [1.82, 2.24) is 10.6 Å². The van der Waals surface area contributed by atoms with Crippen LogP contribution in [-0.2, 0) is 19.1 Å². The van der Waals surface area contributed by atoms with Crippen LogP contribution in [0.3, 0.4) is 0 Å². The number of rotatable bonds is 15. The van der Waals surface area contributed by atoms with E-state index in [0.29, 0.717) is 12.8 Å². The van der Waals surface area contributed by atoms with Crippen molar-refractivity contribution in [3.05, 3.63) is 0 Å². The summed E-state index contributed by atoms with van der Waals surface area (Å²) in [5.74, 6) is -0.593. The van der Waals surface area contributed by atoms with Crippen LogP contribution >= 0.6 is 0 Å². The van der Waals surface area contributed by atoms with Gasteiger partial charge in [0, 0.05) is 19.5 Å². The average Bonchev–Trinajstić information content (AvgIpc) is 2.66. The fraction of sp³-hybridized carbons (Fsp3) is 0.917. The highest BCUT2D eigenvalue weighted by molar-refractivity contribution is 5.77. The van der Waals surface area contributed by atoms with Gasteiger partial charge in [0.25, 0.3) is 0 Å². The molecule has 31 heavy (non-hydrogen) atoms. The molecule has 0 aromatic rings. The van der Waals surface area contributed by atoms with E-state index in [2.05, 4.69) is 10.6 Å². The molecule has 0 aliphatic heterocycles. The number of esters is 2. The molecule has 4 N–H and O–H groups in total. The molecule has 0 bridgehead atoms. The van der Waals surface area contributed by atoms with Crippen LogP contribution in [0.25, 0.3) is 0 Å². The largest absolute Gasteiger partial charge is 0.462 e. The Hall–Kier alpha value is -1.18. The smallest absolute Gasteiger partial charge is 0.323 e. The Morgan fingerprint density at radius 3 is 1.55 bits per heavy atom. The first-order valence-electron chi connectivity index (χ1n) is 12.5. The molecule has 0 radical (unpaired) electrons. The predicted molar refractivity (Wildman–Crippen MR) is 127 cm³/mol. The molecule has 7 heteroatoms. The third kappa shape index (κ3) is 11.3. The second-order valence-electron chi connectivity index (χ2n) is 9.65. The standard InChI is InChI=1S/C24H49N3O4/c1-11-18(25)13-20(27-22(15(5)6)24(29)31-17(9)10)19(12-2)26-21(14(3)4)23(28)30-16(7)8/h14-22,26-27H,11-13,25H2,1-10H3/t18?,19?,20?,21?,22-/m0/s1/i2T. The number of carbonyl (C=O) groups is 2. The highest BCUT2D eigenvalue weighted by Gasteiger charge is 2.34. The minimum absolute atomic E-state index is 0.00165. The molecule has 0 rings (SSSR count). The van der Waals surface area contributed by atoms with Gasteiger partial charge in [-0.15, -0.1) is 0 Å². The molecule has 0 aliphatic carbocycles. The number of carbonyl (C=O) groups excluding carboxylic acids is 2. The third-order valence-corrected chi connectivity index (χ3v) is 5.21. The summed E-state index contributed by atoms with van der Waals surface area (Å²) in [6, 6.07) is -1.55. The fourth-order valence-electron chi connectivity index (χ4n) is 3.38. The van der Waals surface area contributed by atoms with E-state index in [0.717, 1.165) is 6.42 Å². The molecule has 0 saturated carbocycles. The normalized spacial score (nSPS) is 17.4. The van der Waals surface area contributed by atoms with Crippen LogP contribution in [0.5, 0.6) is 0 Å². The van der Waals surface area contributed by atoms with Crippen LogP contribution in [-0.4, -0.2) is 54.4 Å². The highest BCUT2D eigenvalue weighted by Crippen LogP contribution is 2.16. The van der Waals surface area contributed by atoms with Crippen LogP contribution in [0.15, 0.2) is 0 Å². The number of nitrogens with one attached hydrogen (secondary N) is 2. The Balaban J connectivity index is 5.89. The minimum Gasteiger partial charge on any atom is -0.462 e. The van der Waals surface area contributed by atoms with E-state index >= 15 is 0 Å². The Morgan fingerprint density at radius 1 is 0.806 bits per heavy atom. The van der Waals surface area contributed by atoms with Crippen LogP contribution in [0.4, 0.5) is 0 Å². The fourth-order valence-corrected chi connectivity index (χ4v) is 3.38. The van der Waals surface area contributed by atoms with Crippen LogP contribution in [0.1, 0.15) is 89.8 Å². The second-order valence-corrected chi connectivity index (χ2v) is 9.65. The van der Waals surface area contributed by atoms with Gasteiger partial charge in [-0.05, 0) is 58.8 Å². The molecule has 0 heterocycles. The molecular weight excluding hydrogens is 394 g/mol. The maximum Gasteiger partial charge on any atom is 0.323 e. The lowest BCUT2D eigenvalue weighted by Gasteiger charge is -2.36. The first kappa shape index (κ1) is 27.9. The summed E-state index contributed by atoms with van der Waals surface area (Å²) in [6.45, 7) is 17.4. The maximum absolute atomic E-state index is 12.8. The topological polar surface area (TPSA) is 103 Å². The van der Waals surface area contributed by atoms with Crippen LogP contribution in [0, 0.1) is 11.8 Å². The van der Waals surface area contributed by atoms with E-state index < -0.39 is 12.1 Å². The highest BCUT2D eigenvalue weighted by atomic mass is 16.5. The lowest BCUT2D eigenvalue weighted by Crippen LogP contribution is -2.60. The summed E-state index contributed by atoms with van der Waals surface area (Å²) >= 11 is 0. The molecule has 0 amide bonds. The lowest BCUT2D eigenvalue weighted by atomic mass is 9.92. The Labute approximate surface area is 192 Å². The molecule has 0 saturated heterocycles. The van der Waals surface area contributed by atoms with Gasteiger partial charge in [-0.1, -0.05) is 41.5 Å². The first-order valence-corrected chi connectivity index (χ1v) is 11.8. The molecule has 4 unspecified atom stereocenters. The molecule has 0 aromatic carbocycles. The first-order chi connectivity index (χ1) is 14.8. The summed E-state index contributed by atoms with van der Waals surface area (Å²) in [5.41, 5.74) is 6.31. The van der Waals surface area contributed by atoms with Gasteiger partial charge in [0.1, 0.15) is 12.1 Å². The quantitative estimate of drug-likeness (QED) is 0.332. The average molecular weight is 446 g/mol. The van der Waals surface area contributed by atoms with Crippen molar-refractivity contribution in [3.8, 4) is 0 Å². The number of hydrogen-bond donors (Lipinski definition) is 3. The summed E-state index contributed by atoms with van der Waals surface area (Å²) < 4.78 is 18.8. The van der Waals surface area contributed by atoms with Crippen molar-refractivity contribution in [1.29, 1.82) is 0 Å². The minimum atomic E-state index is -0.517. The van der Waals surface area contributed by atoms with Gasteiger partial charge >= 0.3 is 11.9 Å². The summed E-state index contributed by atoms with van der Waals surface area (Å²) in [5, 5.41) is 6.93. The van der Waals surface area contributed by atoms with Crippen molar-refractivity contribution >= 4 is 11.9 Å². The Kier molecular flexibility index (Phi) is 13.3. The summed E-state index contributed by atoms with van der Waals surface area (Å²) in [6.07, 6.45) is 1.49. The van der Waals surface area contributed by atoms with E-state index in [9.17, 15) is 9.59 Å². The van der Waals surface area contributed by atoms with Gasteiger partial charge in [-0.25, -0.2) is 0 Å². The zero-order valence-electron chi connectivity index (χ0n) is 22.2. The molecule has 5 atom stereocenters. The van der Waals surface area contributed by atoms with Crippen molar-refractivity contribution in [2.45, 2.75) is 131 Å². The number of nitrogens with two attached hydrogens (primary N) is 1. The van der Waals surface area contributed by atoms with Crippen molar-refractivity contribution in [2.75, 3.05) is 0 Å². The third-order valence-electron chi connectivity index (χ3n) is 5.21. The van der Waals surface area contributed by atoms with Gasteiger partial charge in [0.2, 0.25) is 0 Å². The zero-order chi connectivity index (χ0) is 25.0. The number of hydrogen-bond acceptors (Lipinski definition) is 7. The van der Waals surface area contributed by atoms with Crippen LogP contribution in [0.2, 0.25) is 0 Å². The maximum atomic E-state index is 12.8. The monoisotopic (exact) mass is 445 g/mol. The predicted octanol–water partition coefficient (Wildman–Crippen LogP) is 3.39. The van der Waals surface area contributed by atoms with Crippen molar-refractivity contribution < 1.29 is 20.4 Å². The molecule has 0 fully saturated rings. The molecular formula is C24H49N3O4. The Morgan fingerprint density at radius 2 is 1.23 bits per heavy atom. The van der Waals surface area contributed by atoms with E-state index in [4.69, 9.17) is 16.6 Å². The lowest BCUT2D eigenvalue weighted by molar-refractivity contribution is -0.153. The van der Waals surface area contributed by atoms with E-state index in [1.54, 1.807) is 0 Å².